The van der Waals surface area contributed by atoms with Gasteiger partial charge in [0.15, 0.2) is 0 Å². The lowest BCUT2D eigenvalue weighted by molar-refractivity contribution is -0.117. The number of ketones is 1. The van der Waals surface area contributed by atoms with Gasteiger partial charge in [-0.25, -0.2) is 4.98 Å². The number of aryl methyl sites for hydroxylation is 1. The molecule has 1 aliphatic carbocycles. The van der Waals surface area contributed by atoms with E-state index < -0.39 is 17.6 Å². The normalized spacial score (nSPS) is 17.2. The van der Waals surface area contributed by atoms with Crippen LogP contribution < -0.4 is 25.7 Å². The Morgan fingerprint density at radius 2 is 1.78 bits per heavy atom. The van der Waals surface area contributed by atoms with Gasteiger partial charge in [-0.3, -0.25) is 19.0 Å². The van der Waals surface area contributed by atoms with Crippen molar-refractivity contribution in [2.75, 3.05) is 19.5 Å². The quantitative estimate of drug-likeness (QED) is 0.445. The number of hydrogen-bond acceptors (Lipinski definition) is 8. The van der Waals surface area contributed by atoms with E-state index in [9.17, 15) is 14.4 Å². The number of halogens is 2. The Bertz CT molecular complexity index is 1430. The fraction of sp³-hybridized carbons (Fsp3) is 0.292. The number of rotatable bonds is 7. The van der Waals surface area contributed by atoms with E-state index in [4.69, 9.17) is 32.7 Å². The van der Waals surface area contributed by atoms with Crippen LogP contribution in [-0.4, -0.2) is 52.5 Å². The van der Waals surface area contributed by atoms with Gasteiger partial charge >= 0.3 is 0 Å². The lowest BCUT2D eigenvalue weighted by Crippen LogP contribution is -2.43. The molecular formula is C24H23Cl2N5O5. The van der Waals surface area contributed by atoms with Crippen LogP contribution in [-0.2, 0) is 16.6 Å². The summed E-state index contributed by atoms with van der Waals surface area (Å²) in [7, 11) is 4.46. The molecule has 0 spiro atoms. The molecule has 0 saturated heterocycles. The second-order valence-electron chi connectivity index (χ2n) is 8.20. The average molecular weight is 532 g/mol. The van der Waals surface area contributed by atoms with Crippen molar-refractivity contribution < 1.29 is 19.1 Å². The third kappa shape index (κ3) is 4.61. The van der Waals surface area contributed by atoms with Gasteiger partial charge in [0.25, 0.3) is 5.56 Å². The molecule has 2 aromatic heterocycles. The van der Waals surface area contributed by atoms with E-state index >= 15 is 0 Å². The minimum atomic E-state index is -0.430. The zero-order valence-corrected chi connectivity index (χ0v) is 21.2. The Labute approximate surface area is 216 Å². The van der Waals surface area contributed by atoms with Crippen molar-refractivity contribution in [2.45, 2.75) is 24.9 Å². The third-order valence-electron chi connectivity index (χ3n) is 6.00. The van der Waals surface area contributed by atoms with Crippen LogP contribution in [0.3, 0.4) is 0 Å². The molecule has 0 bridgehead atoms. The number of amides is 1. The smallest absolute Gasteiger partial charge is 0.259 e. The Morgan fingerprint density at radius 1 is 1.14 bits per heavy atom. The molecule has 12 heteroatoms. The highest BCUT2D eigenvalue weighted by Gasteiger charge is 2.34. The first-order chi connectivity index (χ1) is 17.2. The Balaban J connectivity index is 1.76. The zero-order chi connectivity index (χ0) is 26.1. The van der Waals surface area contributed by atoms with Crippen LogP contribution in [0.4, 0.5) is 5.95 Å². The number of carbonyl (C=O) groups excluding carboxylic acids is 2. The van der Waals surface area contributed by atoms with Gasteiger partial charge in [0.05, 0.1) is 41.9 Å². The van der Waals surface area contributed by atoms with Crippen molar-refractivity contribution in [3.63, 3.8) is 0 Å². The van der Waals surface area contributed by atoms with Crippen molar-refractivity contribution in [3.05, 3.63) is 51.4 Å². The highest BCUT2D eigenvalue weighted by atomic mass is 35.5. The van der Waals surface area contributed by atoms with Crippen molar-refractivity contribution in [2.24, 2.45) is 7.05 Å². The van der Waals surface area contributed by atoms with Gasteiger partial charge < -0.3 is 20.1 Å². The molecule has 0 radical (unpaired) electrons. The standard InChI is InChI=1S/C24H23Cl2N5O5/c1-5-18(33)28-14-7-12(32)8-15(14)29-24-27-10-11-6-13(23(34)31(2)22(11)30-24)19-20(25)16(35-3)9-17(36-4)21(19)26/h5-6,9-10,14-15H,1,7-8H2,2-4H3,(H,28,33)(H,27,29,30). The fourth-order valence-electron chi connectivity index (χ4n) is 4.19. The van der Waals surface area contributed by atoms with Gasteiger partial charge in [0.2, 0.25) is 11.9 Å². The van der Waals surface area contributed by atoms with Gasteiger partial charge in [-0.1, -0.05) is 29.8 Å². The van der Waals surface area contributed by atoms with E-state index in [2.05, 4.69) is 27.2 Å². The molecular weight excluding hydrogens is 509 g/mol. The molecule has 2 atom stereocenters. The van der Waals surface area contributed by atoms with E-state index in [0.29, 0.717) is 22.5 Å². The molecule has 1 aliphatic rings. The SMILES string of the molecule is C=CC(=O)NC1CC(=O)CC1Nc1ncc2cc(-c3c(Cl)c(OC)cc(OC)c3Cl)c(=O)n(C)c2n1. The molecule has 10 nitrogen and oxygen atoms in total. The summed E-state index contributed by atoms with van der Waals surface area (Å²) in [5.41, 5.74) is 0.428. The molecule has 2 heterocycles. The van der Waals surface area contributed by atoms with E-state index in [1.54, 1.807) is 25.4 Å². The molecule has 1 saturated carbocycles. The first-order valence-electron chi connectivity index (χ1n) is 10.9. The Hall–Kier alpha value is -3.63. The second-order valence-corrected chi connectivity index (χ2v) is 8.95. The molecule has 3 aromatic rings. The van der Waals surface area contributed by atoms with Gasteiger partial charge in [-0.15, -0.1) is 0 Å². The molecule has 36 heavy (non-hydrogen) atoms. The number of methoxy groups -OCH3 is 2. The number of anilines is 1. The van der Waals surface area contributed by atoms with Crippen LogP contribution in [0.2, 0.25) is 10.0 Å². The molecule has 2 unspecified atom stereocenters. The maximum atomic E-state index is 13.4. The van der Waals surface area contributed by atoms with Crippen LogP contribution in [0.15, 0.2) is 35.8 Å². The highest BCUT2D eigenvalue weighted by Crippen LogP contribution is 2.45. The number of pyridine rings is 1. The number of nitrogens with one attached hydrogen (secondary N) is 2. The van der Waals surface area contributed by atoms with Gasteiger partial charge in [-0.05, 0) is 12.1 Å². The summed E-state index contributed by atoms with van der Waals surface area (Å²) in [6, 6.07) is 2.30. The number of hydrogen-bond donors (Lipinski definition) is 2. The van der Waals surface area contributed by atoms with E-state index in [0.717, 1.165) is 6.08 Å². The van der Waals surface area contributed by atoms with Crippen LogP contribution in [0, 0.1) is 0 Å². The third-order valence-corrected chi connectivity index (χ3v) is 6.75. The maximum Gasteiger partial charge on any atom is 0.259 e. The van der Waals surface area contributed by atoms with Gasteiger partial charge in [-0.2, -0.15) is 4.98 Å². The summed E-state index contributed by atoms with van der Waals surface area (Å²) in [6.45, 7) is 3.44. The molecule has 1 amide bonds. The van der Waals surface area contributed by atoms with Crippen LogP contribution in [0.5, 0.6) is 11.5 Å². The topological polar surface area (TPSA) is 124 Å². The minimum Gasteiger partial charge on any atom is -0.495 e. The van der Waals surface area contributed by atoms with Gasteiger partial charge in [0.1, 0.15) is 22.9 Å². The molecule has 1 aromatic carbocycles. The largest absolute Gasteiger partial charge is 0.495 e. The summed E-state index contributed by atoms with van der Waals surface area (Å²) in [4.78, 5) is 46.0. The maximum absolute atomic E-state index is 13.4. The summed E-state index contributed by atoms with van der Waals surface area (Å²) >= 11 is 13.1. The molecule has 188 valence electrons. The van der Waals surface area contributed by atoms with Crippen LogP contribution in [0.25, 0.3) is 22.2 Å². The first kappa shape index (κ1) is 25.5. The number of Topliss-reactive ketones (excluding diaryl/α,β-unsaturated/α-hetero) is 1. The van der Waals surface area contributed by atoms with Crippen molar-refractivity contribution in [3.8, 4) is 22.6 Å². The fourth-order valence-corrected chi connectivity index (χ4v) is 4.89. The number of carbonyl (C=O) groups is 2. The number of ether oxygens (including phenoxy) is 2. The number of aromatic nitrogens is 3. The monoisotopic (exact) mass is 531 g/mol. The summed E-state index contributed by atoms with van der Waals surface area (Å²) in [5.74, 6) is 0.441. The van der Waals surface area contributed by atoms with Crippen LogP contribution >= 0.6 is 23.2 Å². The average Bonchev–Trinajstić information content (AvgIpc) is 3.20. The lowest BCUT2D eigenvalue weighted by Gasteiger charge is -2.21. The predicted molar refractivity (Wildman–Crippen MR) is 137 cm³/mol. The number of fused-ring (bicyclic) bond motifs is 1. The molecule has 2 N–H and O–H groups in total. The van der Waals surface area contributed by atoms with Crippen molar-refractivity contribution in [1.82, 2.24) is 19.9 Å². The number of nitrogens with zero attached hydrogens (tertiary/aromatic N) is 3. The zero-order valence-electron chi connectivity index (χ0n) is 19.7. The van der Waals surface area contributed by atoms with Gasteiger partial charge in [0, 0.05) is 43.1 Å². The van der Waals surface area contributed by atoms with E-state index in [-0.39, 0.29) is 51.7 Å². The summed E-state index contributed by atoms with van der Waals surface area (Å²) in [5, 5.41) is 6.72. The summed E-state index contributed by atoms with van der Waals surface area (Å²) in [6.07, 6.45) is 3.09. The Morgan fingerprint density at radius 3 is 2.39 bits per heavy atom. The summed E-state index contributed by atoms with van der Waals surface area (Å²) < 4.78 is 12.0. The second kappa shape index (κ2) is 10.2. The molecule has 4 rings (SSSR count). The predicted octanol–water partition coefficient (Wildman–Crippen LogP) is 3.13. The number of benzene rings is 1. The Kier molecular flexibility index (Phi) is 7.18. The highest BCUT2D eigenvalue weighted by molar-refractivity contribution is 6.41. The van der Waals surface area contributed by atoms with Crippen molar-refractivity contribution >= 4 is 51.9 Å². The lowest BCUT2D eigenvalue weighted by atomic mass is 10.0. The molecule has 1 fully saturated rings. The minimum absolute atomic E-state index is 0.00201. The van der Waals surface area contributed by atoms with Crippen LogP contribution in [0.1, 0.15) is 12.8 Å². The first-order valence-corrected chi connectivity index (χ1v) is 11.6. The van der Waals surface area contributed by atoms with E-state index in [1.807, 2.05) is 0 Å². The van der Waals surface area contributed by atoms with E-state index in [1.165, 1.54) is 18.8 Å². The van der Waals surface area contributed by atoms with Crippen molar-refractivity contribution in [1.29, 1.82) is 0 Å². The molecule has 0 aliphatic heterocycles.